The minimum Gasteiger partial charge on any atom is -0.254 e. The van der Waals surface area contributed by atoms with Gasteiger partial charge < -0.3 is 0 Å². The van der Waals surface area contributed by atoms with Crippen LogP contribution in [0.3, 0.4) is 0 Å². The molecule has 2 heterocycles. The van der Waals surface area contributed by atoms with Gasteiger partial charge in [0.2, 0.25) is 0 Å². The molecular weight excluding hydrogens is 196 g/mol. The molecule has 0 radical (unpaired) electrons. The Morgan fingerprint density at radius 3 is 1.31 bits per heavy atom. The average molecular weight is 212 g/mol. The second-order valence-corrected chi connectivity index (χ2v) is 4.31. The van der Waals surface area contributed by atoms with Gasteiger partial charge in [-0.1, -0.05) is 0 Å². The van der Waals surface area contributed by atoms with Crippen molar-refractivity contribution in [1.29, 1.82) is 0 Å². The van der Waals surface area contributed by atoms with E-state index in [0.717, 1.165) is 11.4 Å². The Morgan fingerprint density at radius 2 is 1.00 bits per heavy atom. The van der Waals surface area contributed by atoms with Crippen LogP contribution in [0.15, 0.2) is 24.5 Å². The molecule has 0 fully saturated rings. The normalized spacial score (nSPS) is 10.5. The van der Waals surface area contributed by atoms with Gasteiger partial charge >= 0.3 is 0 Å². The van der Waals surface area contributed by atoms with Crippen molar-refractivity contribution in [3.05, 3.63) is 46.8 Å². The Kier molecular flexibility index (Phi) is 2.73. The summed E-state index contributed by atoms with van der Waals surface area (Å²) in [4.78, 5) is 8.84. The van der Waals surface area contributed by atoms with E-state index in [1.165, 1.54) is 22.3 Å². The quantitative estimate of drug-likeness (QED) is 0.724. The summed E-state index contributed by atoms with van der Waals surface area (Å²) in [7, 11) is 0. The highest BCUT2D eigenvalue weighted by molar-refractivity contribution is 5.56. The third-order valence-electron chi connectivity index (χ3n) is 3.01. The summed E-state index contributed by atoms with van der Waals surface area (Å²) in [5.41, 5.74) is 6.84. The van der Waals surface area contributed by atoms with Crippen molar-refractivity contribution in [3.8, 4) is 11.4 Å². The molecule has 2 rings (SSSR count). The lowest BCUT2D eigenvalue weighted by molar-refractivity contribution is 1.16. The number of hydrogen-bond donors (Lipinski definition) is 0. The van der Waals surface area contributed by atoms with Crippen molar-refractivity contribution in [1.82, 2.24) is 9.97 Å². The van der Waals surface area contributed by atoms with Gasteiger partial charge in [-0.15, -0.1) is 0 Å². The molecule has 2 heteroatoms. The minimum absolute atomic E-state index is 0.950. The van der Waals surface area contributed by atoms with E-state index in [1.807, 2.05) is 12.4 Å². The van der Waals surface area contributed by atoms with Crippen LogP contribution in [-0.2, 0) is 0 Å². The van der Waals surface area contributed by atoms with Crippen LogP contribution in [0.2, 0.25) is 0 Å². The lowest BCUT2D eigenvalue weighted by Crippen LogP contribution is -1.92. The van der Waals surface area contributed by atoms with Gasteiger partial charge in [0, 0.05) is 12.4 Å². The highest BCUT2D eigenvalue weighted by Crippen LogP contribution is 2.19. The molecular formula is C14H16N2. The van der Waals surface area contributed by atoms with Gasteiger partial charge in [-0.3, -0.25) is 9.97 Å². The van der Waals surface area contributed by atoms with Crippen LogP contribution in [0.5, 0.6) is 0 Å². The molecule has 2 nitrogen and oxygen atoms in total. The minimum atomic E-state index is 0.950. The van der Waals surface area contributed by atoms with Crippen molar-refractivity contribution < 1.29 is 0 Å². The van der Waals surface area contributed by atoms with Gasteiger partial charge in [0.05, 0.1) is 11.4 Å². The van der Waals surface area contributed by atoms with E-state index in [2.05, 4.69) is 49.8 Å². The summed E-state index contributed by atoms with van der Waals surface area (Å²) in [6.07, 6.45) is 3.81. The number of rotatable bonds is 1. The van der Waals surface area contributed by atoms with Gasteiger partial charge in [0.25, 0.3) is 0 Å². The van der Waals surface area contributed by atoms with Crippen molar-refractivity contribution >= 4 is 0 Å². The first-order chi connectivity index (χ1) is 7.58. The van der Waals surface area contributed by atoms with Gasteiger partial charge in [0.1, 0.15) is 0 Å². The third-order valence-corrected chi connectivity index (χ3v) is 3.01. The molecule has 16 heavy (non-hydrogen) atoms. The summed E-state index contributed by atoms with van der Waals surface area (Å²) in [6, 6.07) is 4.18. The predicted octanol–water partition coefficient (Wildman–Crippen LogP) is 3.38. The molecule has 0 bridgehead atoms. The highest BCUT2D eigenvalue weighted by atomic mass is 14.8. The monoisotopic (exact) mass is 212 g/mol. The molecule has 0 aliphatic carbocycles. The summed E-state index contributed by atoms with van der Waals surface area (Å²) in [6.45, 7) is 8.34. The van der Waals surface area contributed by atoms with Crippen LogP contribution in [0.4, 0.5) is 0 Å². The van der Waals surface area contributed by atoms with E-state index >= 15 is 0 Å². The summed E-state index contributed by atoms with van der Waals surface area (Å²) >= 11 is 0. The van der Waals surface area contributed by atoms with Gasteiger partial charge in [-0.2, -0.15) is 0 Å². The number of aromatic nitrogens is 2. The largest absolute Gasteiger partial charge is 0.254 e. The molecule has 2 aromatic rings. The topological polar surface area (TPSA) is 25.8 Å². The van der Waals surface area contributed by atoms with Crippen LogP contribution < -0.4 is 0 Å². The van der Waals surface area contributed by atoms with Crippen LogP contribution >= 0.6 is 0 Å². The zero-order valence-corrected chi connectivity index (χ0v) is 10.2. The molecule has 0 spiro atoms. The maximum absolute atomic E-state index is 4.42. The Balaban J connectivity index is 2.50. The zero-order chi connectivity index (χ0) is 11.7. The summed E-state index contributed by atoms with van der Waals surface area (Å²) < 4.78 is 0. The van der Waals surface area contributed by atoms with E-state index in [1.54, 1.807) is 0 Å². The van der Waals surface area contributed by atoms with Crippen molar-refractivity contribution in [2.24, 2.45) is 0 Å². The van der Waals surface area contributed by atoms with Gasteiger partial charge in [-0.25, -0.2) is 0 Å². The Labute approximate surface area is 96.4 Å². The van der Waals surface area contributed by atoms with Gasteiger partial charge in [0.15, 0.2) is 0 Å². The van der Waals surface area contributed by atoms with E-state index in [9.17, 15) is 0 Å². The molecule has 0 saturated heterocycles. The highest BCUT2D eigenvalue weighted by Gasteiger charge is 2.04. The molecule has 0 aliphatic heterocycles. The third kappa shape index (κ3) is 1.96. The first-order valence-electron chi connectivity index (χ1n) is 5.45. The number of aryl methyl sites for hydroxylation is 4. The van der Waals surface area contributed by atoms with Crippen LogP contribution in [0.1, 0.15) is 22.3 Å². The molecule has 0 aromatic carbocycles. The standard InChI is InChI=1S/C14H16N2/c1-9-5-13(15-7-11(9)3)14-6-10(2)12(4)8-16-14/h5-8H,1-4H3. The maximum atomic E-state index is 4.42. The number of pyridine rings is 2. The molecule has 2 aromatic heterocycles. The predicted molar refractivity (Wildman–Crippen MR) is 66.4 cm³/mol. The first kappa shape index (κ1) is 10.8. The van der Waals surface area contributed by atoms with E-state index in [0.29, 0.717) is 0 Å². The fourth-order valence-corrected chi connectivity index (χ4v) is 1.53. The van der Waals surface area contributed by atoms with E-state index in [-0.39, 0.29) is 0 Å². The van der Waals surface area contributed by atoms with Crippen LogP contribution in [-0.4, -0.2) is 9.97 Å². The number of hydrogen-bond acceptors (Lipinski definition) is 2. The Bertz CT molecular complexity index is 481. The van der Waals surface area contributed by atoms with Crippen molar-refractivity contribution in [2.45, 2.75) is 27.7 Å². The Hall–Kier alpha value is -1.70. The lowest BCUT2D eigenvalue weighted by Gasteiger charge is -2.06. The lowest BCUT2D eigenvalue weighted by atomic mass is 10.1. The van der Waals surface area contributed by atoms with Crippen LogP contribution in [0, 0.1) is 27.7 Å². The summed E-state index contributed by atoms with van der Waals surface area (Å²) in [5, 5.41) is 0. The smallest absolute Gasteiger partial charge is 0.0889 e. The van der Waals surface area contributed by atoms with Gasteiger partial charge in [-0.05, 0) is 62.1 Å². The molecule has 82 valence electrons. The molecule has 0 saturated carbocycles. The van der Waals surface area contributed by atoms with Crippen LogP contribution in [0.25, 0.3) is 11.4 Å². The van der Waals surface area contributed by atoms with E-state index in [4.69, 9.17) is 0 Å². The zero-order valence-electron chi connectivity index (χ0n) is 10.2. The molecule has 0 unspecified atom stereocenters. The van der Waals surface area contributed by atoms with E-state index < -0.39 is 0 Å². The van der Waals surface area contributed by atoms with Crippen molar-refractivity contribution in [2.75, 3.05) is 0 Å². The molecule has 0 aliphatic rings. The molecule has 0 atom stereocenters. The maximum Gasteiger partial charge on any atom is 0.0889 e. The first-order valence-corrected chi connectivity index (χ1v) is 5.45. The number of nitrogens with zero attached hydrogens (tertiary/aromatic N) is 2. The fraction of sp³-hybridized carbons (Fsp3) is 0.286. The molecule has 0 N–H and O–H groups in total. The second-order valence-electron chi connectivity index (χ2n) is 4.31. The average Bonchev–Trinajstić information content (AvgIpc) is 2.26. The second kappa shape index (κ2) is 4.05. The SMILES string of the molecule is Cc1cnc(-c2cc(C)c(C)cn2)cc1C. The fourth-order valence-electron chi connectivity index (χ4n) is 1.53. The summed E-state index contributed by atoms with van der Waals surface area (Å²) in [5.74, 6) is 0. The molecule has 0 amide bonds. The Morgan fingerprint density at radius 1 is 0.625 bits per heavy atom. The van der Waals surface area contributed by atoms with Crippen molar-refractivity contribution in [3.63, 3.8) is 0 Å².